The first-order valence-corrected chi connectivity index (χ1v) is 17.0. The number of amides is 5. The van der Waals surface area contributed by atoms with Gasteiger partial charge in [-0.2, -0.15) is 13.2 Å². The van der Waals surface area contributed by atoms with E-state index in [0.717, 1.165) is 12.1 Å². The zero-order valence-electron chi connectivity index (χ0n) is 29.3. The number of hydrogen-bond acceptors (Lipinski definition) is 7. The van der Waals surface area contributed by atoms with Gasteiger partial charge in [0.1, 0.15) is 11.9 Å². The molecule has 4 rings (SSSR count). The Morgan fingerprint density at radius 3 is 2.23 bits per heavy atom. The predicted octanol–water partition coefficient (Wildman–Crippen LogP) is 6.20. The van der Waals surface area contributed by atoms with Crippen LogP contribution in [0.2, 0.25) is 0 Å². The highest BCUT2D eigenvalue weighted by atomic mass is 19.4. The number of halogens is 3. The van der Waals surface area contributed by atoms with Crippen molar-refractivity contribution in [2.45, 2.75) is 64.3 Å². The Kier molecular flexibility index (Phi) is 13.5. The van der Waals surface area contributed by atoms with E-state index in [1.165, 1.54) is 35.0 Å². The second kappa shape index (κ2) is 17.8. The molecule has 0 aliphatic carbocycles. The van der Waals surface area contributed by atoms with Crippen molar-refractivity contribution < 1.29 is 42.2 Å². The maximum atomic E-state index is 13.8. The predicted molar refractivity (Wildman–Crippen MR) is 192 cm³/mol. The number of aliphatic hydroxyl groups excluding tert-OH is 1. The average molecular weight is 727 g/mol. The third kappa shape index (κ3) is 10.8. The van der Waals surface area contributed by atoms with Gasteiger partial charge in [0.25, 0.3) is 5.91 Å². The molecule has 15 heteroatoms. The molecule has 0 radical (unpaired) electrons. The Balaban J connectivity index is 1.37. The molecule has 0 saturated carbocycles. The fourth-order valence-electron chi connectivity index (χ4n) is 5.63. The second-order valence-electron chi connectivity index (χ2n) is 13.0. The second-order valence-corrected chi connectivity index (χ2v) is 13.0. The molecule has 3 aromatic carbocycles. The molecule has 0 bridgehead atoms. The van der Waals surface area contributed by atoms with Crippen molar-refractivity contribution in [3.8, 4) is 5.75 Å². The molecule has 0 saturated heterocycles. The molecule has 0 aromatic heterocycles. The fraction of sp³-hybridized carbons (Fsp3) is 0.405. The SMILES string of the molecule is C[C@H](CO)N1C[C@H](C)[C@@H](CN(C)C(=O)Nc2ccc(C(F)(F)F)cc2)Oc2ccc(NC(=O)CCCCCC(=O)Nc3ccccc3N)cc2C1=O. The zero-order chi connectivity index (χ0) is 38.0. The number of unbranched alkanes of at least 4 members (excludes halogenated alkanes) is 2. The number of para-hydroxylation sites is 2. The molecule has 0 fully saturated rings. The van der Waals surface area contributed by atoms with Crippen LogP contribution in [-0.4, -0.2) is 77.5 Å². The summed E-state index contributed by atoms with van der Waals surface area (Å²) >= 11 is 0. The quantitative estimate of drug-likeness (QED) is 0.103. The highest BCUT2D eigenvalue weighted by molar-refractivity contribution is 6.00. The van der Waals surface area contributed by atoms with E-state index in [-0.39, 0.29) is 67.3 Å². The first kappa shape index (κ1) is 39.5. The first-order valence-electron chi connectivity index (χ1n) is 17.0. The van der Waals surface area contributed by atoms with Crippen LogP contribution >= 0.6 is 0 Å². The van der Waals surface area contributed by atoms with Crippen LogP contribution in [0, 0.1) is 5.92 Å². The molecule has 3 atom stereocenters. The molecule has 1 heterocycles. The number of nitrogen functional groups attached to an aromatic ring is 1. The van der Waals surface area contributed by atoms with Crippen LogP contribution in [-0.2, 0) is 15.8 Å². The number of hydrogen-bond donors (Lipinski definition) is 5. The number of nitrogens with one attached hydrogen (secondary N) is 3. The lowest BCUT2D eigenvalue weighted by Crippen LogP contribution is -2.50. The third-order valence-electron chi connectivity index (χ3n) is 8.76. The van der Waals surface area contributed by atoms with Crippen LogP contribution in [0.5, 0.6) is 5.75 Å². The van der Waals surface area contributed by atoms with Gasteiger partial charge >= 0.3 is 12.2 Å². The molecule has 280 valence electrons. The van der Waals surface area contributed by atoms with Crippen LogP contribution in [0.1, 0.15) is 61.9 Å². The molecule has 0 spiro atoms. The van der Waals surface area contributed by atoms with Crippen molar-refractivity contribution in [1.82, 2.24) is 9.80 Å². The molecule has 12 nitrogen and oxygen atoms in total. The van der Waals surface area contributed by atoms with Crippen molar-refractivity contribution in [3.05, 3.63) is 77.9 Å². The van der Waals surface area contributed by atoms with Crippen molar-refractivity contribution >= 4 is 46.5 Å². The van der Waals surface area contributed by atoms with Crippen molar-refractivity contribution in [2.75, 3.05) is 48.4 Å². The molecule has 1 aliphatic rings. The lowest BCUT2D eigenvalue weighted by atomic mass is 9.99. The van der Waals surface area contributed by atoms with E-state index in [1.807, 2.05) is 6.92 Å². The van der Waals surface area contributed by atoms with Gasteiger partial charge in [-0.1, -0.05) is 25.5 Å². The number of fused-ring (bicyclic) bond motifs is 1. The molecular formula is C37H45F3N6O6. The van der Waals surface area contributed by atoms with Gasteiger partial charge in [0, 0.05) is 43.7 Å². The van der Waals surface area contributed by atoms with E-state index < -0.39 is 35.8 Å². The number of alkyl halides is 3. The van der Waals surface area contributed by atoms with Gasteiger partial charge in [-0.25, -0.2) is 4.79 Å². The van der Waals surface area contributed by atoms with Crippen LogP contribution in [0.15, 0.2) is 66.7 Å². The third-order valence-corrected chi connectivity index (χ3v) is 8.76. The van der Waals surface area contributed by atoms with Gasteiger partial charge in [0.2, 0.25) is 11.8 Å². The maximum Gasteiger partial charge on any atom is 0.416 e. The number of urea groups is 1. The smallest absolute Gasteiger partial charge is 0.416 e. The Labute approximate surface area is 300 Å². The highest BCUT2D eigenvalue weighted by Crippen LogP contribution is 2.32. The van der Waals surface area contributed by atoms with Gasteiger partial charge in [-0.3, -0.25) is 14.4 Å². The minimum atomic E-state index is -4.50. The van der Waals surface area contributed by atoms with Crippen molar-refractivity contribution in [2.24, 2.45) is 5.92 Å². The van der Waals surface area contributed by atoms with Gasteiger partial charge < -0.3 is 41.3 Å². The van der Waals surface area contributed by atoms with Crippen LogP contribution < -0.4 is 26.4 Å². The van der Waals surface area contributed by atoms with Crippen molar-refractivity contribution in [3.63, 3.8) is 0 Å². The van der Waals surface area contributed by atoms with Gasteiger partial charge in [-0.05, 0) is 74.4 Å². The van der Waals surface area contributed by atoms with Crippen LogP contribution in [0.4, 0.5) is 40.7 Å². The Morgan fingerprint density at radius 2 is 1.60 bits per heavy atom. The molecule has 1 aliphatic heterocycles. The largest absolute Gasteiger partial charge is 0.487 e. The minimum absolute atomic E-state index is 0.0586. The molecule has 5 amide bonds. The van der Waals surface area contributed by atoms with Gasteiger partial charge in [-0.15, -0.1) is 0 Å². The lowest BCUT2D eigenvalue weighted by molar-refractivity contribution is -0.137. The van der Waals surface area contributed by atoms with Crippen LogP contribution in [0.3, 0.4) is 0 Å². The van der Waals surface area contributed by atoms with E-state index in [2.05, 4.69) is 16.0 Å². The first-order chi connectivity index (χ1) is 24.7. The number of anilines is 4. The molecule has 6 N–H and O–H groups in total. The highest BCUT2D eigenvalue weighted by Gasteiger charge is 2.34. The number of nitrogens with two attached hydrogens (primary N) is 1. The topological polar surface area (TPSA) is 166 Å². The van der Waals surface area contributed by atoms with Gasteiger partial charge in [0.15, 0.2) is 0 Å². The molecular weight excluding hydrogens is 681 g/mol. The number of carbonyl (C=O) groups excluding carboxylic acids is 4. The summed E-state index contributed by atoms with van der Waals surface area (Å²) in [5, 5.41) is 18.1. The summed E-state index contributed by atoms with van der Waals surface area (Å²) in [4.78, 5) is 54.7. The summed E-state index contributed by atoms with van der Waals surface area (Å²) in [6, 6.07) is 14.6. The molecule has 0 unspecified atom stereocenters. The Morgan fingerprint density at radius 1 is 0.962 bits per heavy atom. The minimum Gasteiger partial charge on any atom is -0.487 e. The van der Waals surface area contributed by atoms with Crippen LogP contribution in [0.25, 0.3) is 0 Å². The number of aliphatic hydroxyl groups is 1. The zero-order valence-corrected chi connectivity index (χ0v) is 29.3. The number of rotatable bonds is 13. The number of nitrogens with zero attached hydrogens (tertiary/aromatic N) is 2. The van der Waals surface area contributed by atoms with Crippen molar-refractivity contribution in [1.29, 1.82) is 0 Å². The summed E-state index contributed by atoms with van der Waals surface area (Å²) in [6.07, 6.45) is -2.88. The summed E-state index contributed by atoms with van der Waals surface area (Å²) < 4.78 is 45.1. The Bertz CT molecular complexity index is 1720. The summed E-state index contributed by atoms with van der Waals surface area (Å²) in [5.41, 5.74) is 6.78. The number of carbonyl (C=O) groups is 4. The average Bonchev–Trinajstić information content (AvgIpc) is 3.10. The van der Waals surface area contributed by atoms with E-state index in [0.29, 0.717) is 36.3 Å². The van der Waals surface area contributed by atoms with E-state index in [1.54, 1.807) is 43.3 Å². The van der Waals surface area contributed by atoms with E-state index in [9.17, 15) is 37.5 Å². The number of benzene rings is 3. The van der Waals surface area contributed by atoms with E-state index in [4.69, 9.17) is 10.5 Å². The maximum absolute atomic E-state index is 13.8. The lowest BCUT2D eigenvalue weighted by Gasteiger charge is -2.38. The molecule has 52 heavy (non-hydrogen) atoms. The monoisotopic (exact) mass is 726 g/mol. The normalized spacial score (nSPS) is 16.4. The Hall–Kier alpha value is -5.31. The fourth-order valence-corrected chi connectivity index (χ4v) is 5.63. The number of ether oxygens (including phenoxy) is 1. The summed E-state index contributed by atoms with van der Waals surface area (Å²) in [5.74, 6) is -0.921. The van der Waals surface area contributed by atoms with Gasteiger partial charge in [0.05, 0.1) is 41.7 Å². The summed E-state index contributed by atoms with van der Waals surface area (Å²) in [6.45, 7) is 3.50. The number of likely N-dealkylation sites (N-methyl/N-ethyl adjacent to an activating group) is 1. The molecule has 3 aromatic rings. The standard InChI is InChI=1S/C37H45F3N6O6/c1-23-20-46(24(2)22-47)35(50)28-19-27(42-33(48)11-5-4-6-12-34(49)44-30-10-8-7-9-29(30)41)17-18-31(28)52-32(23)21-45(3)36(51)43-26-15-13-25(14-16-26)37(38,39)40/h7-10,13-19,23-24,32,47H,4-6,11-12,20-22,41H2,1-3H3,(H,42,48)(H,43,51)(H,44,49)/t23-,24+,32+/m0/s1. The van der Waals surface area contributed by atoms with E-state index >= 15 is 0 Å². The summed E-state index contributed by atoms with van der Waals surface area (Å²) in [7, 11) is 1.52.